The van der Waals surface area contributed by atoms with Crippen LogP contribution in [0.3, 0.4) is 0 Å². The molecule has 0 radical (unpaired) electrons. The van der Waals surface area contributed by atoms with Crippen LogP contribution in [0.25, 0.3) is 11.3 Å². The Balaban J connectivity index is 1.41. The van der Waals surface area contributed by atoms with Gasteiger partial charge in [-0.2, -0.15) is 5.10 Å². The minimum atomic E-state index is -0.426. The molecule has 1 N–H and O–H groups in total. The molecule has 0 saturated heterocycles. The highest BCUT2D eigenvalue weighted by Crippen LogP contribution is 2.37. The largest absolute Gasteiger partial charge is 0.487 e. The summed E-state index contributed by atoms with van der Waals surface area (Å²) in [5, 5.41) is 7.13. The third-order valence-corrected chi connectivity index (χ3v) is 4.90. The van der Waals surface area contributed by atoms with Gasteiger partial charge in [0, 0.05) is 24.4 Å². The molecular weight excluding hydrogens is 384 g/mol. The van der Waals surface area contributed by atoms with Crippen LogP contribution in [-0.4, -0.2) is 46.4 Å². The summed E-state index contributed by atoms with van der Waals surface area (Å²) in [6.45, 7) is 2.46. The lowest BCUT2D eigenvalue weighted by Gasteiger charge is -2.13. The van der Waals surface area contributed by atoms with Gasteiger partial charge < -0.3 is 14.8 Å². The van der Waals surface area contributed by atoms with Crippen molar-refractivity contribution in [3.05, 3.63) is 65.6 Å². The lowest BCUT2D eigenvalue weighted by Crippen LogP contribution is -2.36. The molecule has 1 aliphatic heterocycles. The van der Waals surface area contributed by atoms with E-state index in [1.165, 1.54) is 13.3 Å². The first-order chi connectivity index (χ1) is 14.5. The van der Waals surface area contributed by atoms with Crippen LogP contribution in [0.15, 0.2) is 48.8 Å². The molecule has 0 spiro atoms. The highest BCUT2D eigenvalue weighted by Gasteiger charge is 2.26. The Bertz CT molecular complexity index is 1070. The zero-order valence-corrected chi connectivity index (χ0v) is 16.8. The molecule has 3 aromatic rings. The second kappa shape index (κ2) is 8.36. The number of aryl methyl sites for hydroxylation is 1. The molecular formula is C22H22N4O4. The highest BCUT2D eigenvalue weighted by atomic mass is 16.5. The standard InChI is InChI=1S/C22H22N4O4/c1-14-8-9-26(25-14)13-20(27)24-12-17-10-15-4-3-5-18(21(15)30-17)19-7-6-16(11-23-19)22(28)29-2/h3-9,11,17H,10,12-13H2,1-2H3,(H,24,27)/t17-/m1/s1. The first-order valence-electron chi connectivity index (χ1n) is 9.63. The molecule has 1 aliphatic rings. The SMILES string of the molecule is COC(=O)c1ccc(-c2cccc3c2O[C@@H](CNC(=O)Cn2ccc(C)n2)C3)nc1. The summed E-state index contributed by atoms with van der Waals surface area (Å²) in [6, 6.07) is 11.2. The first-order valence-corrected chi connectivity index (χ1v) is 9.63. The van der Waals surface area contributed by atoms with E-state index in [1.807, 2.05) is 31.2 Å². The van der Waals surface area contributed by atoms with Crippen molar-refractivity contribution in [2.24, 2.45) is 0 Å². The number of nitrogens with one attached hydrogen (secondary N) is 1. The van der Waals surface area contributed by atoms with E-state index in [2.05, 4.69) is 15.4 Å². The summed E-state index contributed by atoms with van der Waals surface area (Å²) in [4.78, 5) is 28.2. The van der Waals surface area contributed by atoms with Crippen molar-refractivity contribution >= 4 is 11.9 Å². The van der Waals surface area contributed by atoms with Gasteiger partial charge in [-0.25, -0.2) is 4.79 Å². The molecule has 0 fully saturated rings. The second-order valence-corrected chi connectivity index (χ2v) is 7.12. The van der Waals surface area contributed by atoms with Crippen LogP contribution in [0.4, 0.5) is 0 Å². The number of amides is 1. The maximum Gasteiger partial charge on any atom is 0.339 e. The van der Waals surface area contributed by atoms with Gasteiger partial charge in [0.1, 0.15) is 18.4 Å². The van der Waals surface area contributed by atoms with E-state index in [4.69, 9.17) is 9.47 Å². The Kier molecular flexibility index (Phi) is 5.47. The number of rotatable bonds is 6. The van der Waals surface area contributed by atoms with Crippen molar-refractivity contribution in [2.45, 2.75) is 26.0 Å². The Morgan fingerprint density at radius 2 is 2.13 bits per heavy atom. The van der Waals surface area contributed by atoms with E-state index in [0.717, 1.165) is 22.6 Å². The van der Waals surface area contributed by atoms with Crippen molar-refractivity contribution in [1.82, 2.24) is 20.1 Å². The van der Waals surface area contributed by atoms with Crippen molar-refractivity contribution in [3.8, 4) is 17.0 Å². The average Bonchev–Trinajstić information content (AvgIpc) is 3.37. The number of hydrogen-bond acceptors (Lipinski definition) is 6. The minimum Gasteiger partial charge on any atom is -0.487 e. The first kappa shape index (κ1) is 19.6. The fourth-order valence-electron chi connectivity index (χ4n) is 3.43. The van der Waals surface area contributed by atoms with Crippen molar-refractivity contribution in [3.63, 3.8) is 0 Å². The number of benzene rings is 1. The maximum absolute atomic E-state index is 12.2. The second-order valence-electron chi connectivity index (χ2n) is 7.12. The number of pyridine rings is 1. The van der Waals surface area contributed by atoms with Crippen LogP contribution < -0.4 is 10.1 Å². The van der Waals surface area contributed by atoms with Crippen LogP contribution in [0.2, 0.25) is 0 Å². The van der Waals surface area contributed by atoms with Gasteiger partial charge in [0.15, 0.2) is 0 Å². The number of esters is 1. The van der Waals surface area contributed by atoms with E-state index in [1.54, 1.807) is 23.0 Å². The normalized spacial score (nSPS) is 14.7. The predicted molar refractivity (Wildman–Crippen MR) is 109 cm³/mol. The van der Waals surface area contributed by atoms with Crippen LogP contribution in [-0.2, 0) is 22.5 Å². The Morgan fingerprint density at radius 3 is 2.83 bits per heavy atom. The molecule has 0 unspecified atom stereocenters. The summed E-state index contributed by atoms with van der Waals surface area (Å²) in [7, 11) is 1.34. The Morgan fingerprint density at radius 1 is 1.27 bits per heavy atom. The van der Waals surface area contributed by atoms with Gasteiger partial charge in [0.25, 0.3) is 0 Å². The lowest BCUT2D eigenvalue weighted by atomic mass is 10.0. The minimum absolute atomic E-state index is 0.113. The van der Waals surface area contributed by atoms with Gasteiger partial charge in [-0.1, -0.05) is 12.1 Å². The number of hydrogen-bond donors (Lipinski definition) is 1. The topological polar surface area (TPSA) is 95.3 Å². The molecule has 30 heavy (non-hydrogen) atoms. The van der Waals surface area contributed by atoms with E-state index < -0.39 is 5.97 Å². The summed E-state index contributed by atoms with van der Waals surface area (Å²) in [6.07, 6.45) is 3.81. The monoisotopic (exact) mass is 406 g/mol. The third-order valence-electron chi connectivity index (χ3n) is 4.90. The fourth-order valence-corrected chi connectivity index (χ4v) is 3.43. The number of aromatic nitrogens is 3. The number of para-hydroxylation sites is 1. The molecule has 0 aliphatic carbocycles. The summed E-state index contributed by atoms with van der Waals surface area (Å²) in [5.74, 6) is 0.223. The fraction of sp³-hybridized carbons (Fsp3) is 0.273. The summed E-state index contributed by atoms with van der Waals surface area (Å²) >= 11 is 0. The molecule has 3 heterocycles. The van der Waals surface area contributed by atoms with Gasteiger partial charge in [-0.3, -0.25) is 14.5 Å². The number of carbonyl (C=O) groups excluding carboxylic acids is 2. The van der Waals surface area contributed by atoms with E-state index in [-0.39, 0.29) is 18.6 Å². The third kappa shape index (κ3) is 4.17. The molecule has 8 nitrogen and oxygen atoms in total. The maximum atomic E-state index is 12.2. The van der Waals surface area contributed by atoms with Crippen molar-refractivity contribution in [1.29, 1.82) is 0 Å². The van der Waals surface area contributed by atoms with Crippen LogP contribution in [0.1, 0.15) is 21.6 Å². The van der Waals surface area contributed by atoms with E-state index in [9.17, 15) is 9.59 Å². The summed E-state index contributed by atoms with van der Waals surface area (Å²) in [5.41, 5.74) is 3.89. The van der Waals surface area contributed by atoms with Crippen LogP contribution in [0.5, 0.6) is 5.75 Å². The van der Waals surface area contributed by atoms with Gasteiger partial charge in [0.2, 0.25) is 5.91 Å². The van der Waals surface area contributed by atoms with Crippen LogP contribution >= 0.6 is 0 Å². The quantitative estimate of drug-likeness (QED) is 0.631. The lowest BCUT2D eigenvalue weighted by molar-refractivity contribution is -0.122. The molecule has 4 rings (SSSR count). The Hall–Kier alpha value is -3.68. The van der Waals surface area contributed by atoms with E-state index in [0.29, 0.717) is 24.2 Å². The molecule has 0 bridgehead atoms. The number of fused-ring (bicyclic) bond motifs is 1. The van der Waals surface area contributed by atoms with E-state index >= 15 is 0 Å². The zero-order chi connectivity index (χ0) is 21.1. The molecule has 1 amide bonds. The molecule has 154 valence electrons. The number of carbonyl (C=O) groups is 2. The van der Waals surface area contributed by atoms with Crippen molar-refractivity contribution in [2.75, 3.05) is 13.7 Å². The van der Waals surface area contributed by atoms with Gasteiger partial charge in [0.05, 0.1) is 30.6 Å². The molecule has 2 aromatic heterocycles. The Labute approximate surface area is 173 Å². The molecule has 1 atom stereocenters. The van der Waals surface area contributed by atoms with Crippen LogP contribution in [0, 0.1) is 6.92 Å². The number of nitrogens with zero attached hydrogens (tertiary/aromatic N) is 3. The van der Waals surface area contributed by atoms with Gasteiger partial charge >= 0.3 is 5.97 Å². The number of methoxy groups -OCH3 is 1. The van der Waals surface area contributed by atoms with Gasteiger partial charge in [-0.15, -0.1) is 0 Å². The average molecular weight is 406 g/mol. The van der Waals surface area contributed by atoms with Crippen molar-refractivity contribution < 1.29 is 19.1 Å². The smallest absolute Gasteiger partial charge is 0.339 e. The van der Waals surface area contributed by atoms with Gasteiger partial charge in [-0.05, 0) is 36.8 Å². The number of ether oxygens (including phenoxy) is 2. The zero-order valence-electron chi connectivity index (χ0n) is 16.8. The summed E-state index contributed by atoms with van der Waals surface area (Å²) < 4.78 is 12.4. The predicted octanol–water partition coefficient (Wildman–Crippen LogP) is 2.16. The molecule has 1 aromatic carbocycles. The molecule has 8 heteroatoms. The molecule has 0 saturated carbocycles. The highest BCUT2D eigenvalue weighted by molar-refractivity contribution is 5.89.